The average molecular weight is 246 g/mol. The van der Waals surface area contributed by atoms with Crippen molar-refractivity contribution in [1.29, 1.82) is 0 Å². The molecule has 1 aromatic rings. The smallest absolute Gasteiger partial charge is 0.0426 e. The lowest BCUT2D eigenvalue weighted by molar-refractivity contribution is 0.316. The molecule has 0 saturated carbocycles. The fourth-order valence-corrected chi connectivity index (χ4v) is 3.31. The molecular weight excluding hydrogens is 220 g/mol. The van der Waals surface area contributed by atoms with Gasteiger partial charge in [0.2, 0.25) is 0 Å². The van der Waals surface area contributed by atoms with Crippen molar-refractivity contribution in [3.8, 4) is 0 Å². The maximum absolute atomic E-state index is 3.49. The van der Waals surface area contributed by atoms with Crippen LogP contribution in [0.2, 0.25) is 0 Å². The lowest BCUT2D eigenvalue weighted by Gasteiger charge is -2.42. The Morgan fingerprint density at radius 2 is 1.78 bits per heavy atom. The summed E-state index contributed by atoms with van der Waals surface area (Å²) < 4.78 is 0. The van der Waals surface area contributed by atoms with Gasteiger partial charge >= 0.3 is 0 Å². The largest absolute Gasteiger partial charge is 0.369 e. The third-order valence-electron chi connectivity index (χ3n) is 4.25. The van der Waals surface area contributed by atoms with Crippen molar-refractivity contribution < 1.29 is 0 Å². The van der Waals surface area contributed by atoms with Crippen molar-refractivity contribution in [3.05, 3.63) is 28.8 Å². The molecule has 1 heterocycles. The Hall–Kier alpha value is -1.02. The van der Waals surface area contributed by atoms with Crippen molar-refractivity contribution >= 4 is 5.69 Å². The van der Waals surface area contributed by atoms with E-state index >= 15 is 0 Å². The number of hydrogen-bond donors (Lipinski definition) is 1. The molecule has 1 unspecified atom stereocenters. The van der Waals surface area contributed by atoms with Crippen molar-refractivity contribution in [2.75, 3.05) is 25.0 Å². The van der Waals surface area contributed by atoms with Gasteiger partial charge in [-0.3, -0.25) is 0 Å². The molecular formula is C16H26N2. The van der Waals surface area contributed by atoms with Crippen LogP contribution in [-0.4, -0.2) is 25.7 Å². The maximum Gasteiger partial charge on any atom is 0.0426 e. The number of rotatable bonds is 2. The first-order valence-corrected chi connectivity index (χ1v) is 6.97. The van der Waals surface area contributed by atoms with E-state index in [-0.39, 0.29) is 5.54 Å². The highest BCUT2D eigenvalue weighted by Gasteiger charge is 2.30. The van der Waals surface area contributed by atoms with Gasteiger partial charge in [-0.05, 0) is 58.7 Å². The Morgan fingerprint density at radius 3 is 2.33 bits per heavy atom. The van der Waals surface area contributed by atoms with Crippen LogP contribution in [0.4, 0.5) is 5.69 Å². The van der Waals surface area contributed by atoms with Gasteiger partial charge in [0.05, 0.1) is 0 Å². The molecule has 1 N–H and O–H groups in total. The Balaban J connectivity index is 2.32. The summed E-state index contributed by atoms with van der Waals surface area (Å²) in [6, 6.07) is 4.60. The van der Waals surface area contributed by atoms with Gasteiger partial charge < -0.3 is 10.2 Å². The van der Waals surface area contributed by atoms with Gasteiger partial charge in [-0.25, -0.2) is 0 Å². The van der Waals surface area contributed by atoms with Crippen LogP contribution in [0, 0.1) is 20.8 Å². The van der Waals surface area contributed by atoms with Crippen LogP contribution in [0.3, 0.4) is 0 Å². The van der Waals surface area contributed by atoms with E-state index in [4.69, 9.17) is 0 Å². The van der Waals surface area contributed by atoms with Crippen LogP contribution in [0.15, 0.2) is 12.1 Å². The van der Waals surface area contributed by atoms with E-state index in [0.29, 0.717) is 0 Å². The van der Waals surface area contributed by atoms with Crippen LogP contribution < -0.4 is 10.2 Å². The predicted molar refractivity (Wildman–Crippen MR) is 79.6 cm³/mol. The molecule has 1 atom stereocenters. The Morgan fingerprint density at radius 1 is 1.17 bits per heavy atom. The first-order chi connectivity index (χ1) is 8.45. The molecule has 18 heavy (non-hydrogen) atoms. The number of anilines is 1. The third-order valence-corrected chi connectivity index (χ3v) is 4.25. The molecule has 1 aromatic carbocycles. The average Bonchev–Trinajstić information content (AvgIpc) is 2.28. The van der Waals surface area contributed by atoms with Gasteiger partial charge in [-0.1, -0.05) is 17.7 Å². The molecule has 2 nitrogen and oxygen atoms in total. The second kappa shape index (κ2) is 4.93. The lowest BCUT2D eigenvalue weighted by atomic mass is 9.90. The quantitative estimate of drug-likeness (QED) is 0.862. The highest BCUT2D eigenvalue weighted by molar-refractivity contribution is 5.60. The molecule has 1 aliphatic heterocycles. The van der Waals surface area contributed by atoms with Crippen molar-refractivity contribution in [1.82, 2.24) is 5.32 Å². The van der Waals surface area contributed by atoms with Gasteiger partial charge in [0.15, 0.2) is 0 Å². The zero-order valence-corrected chi connectivity index (χ0v) is 12.4. The molecule has 2 rings (SSSR count). The fourth-order valence-electron chi connectivity index (χ4n) is 3.31. The summed E-state index contributed by atoms with van der Waals surface area (Å²) >= 11 is 0. The third kappa shape index (κ3) is 2.54. The molecule has 1 saturated heterocycles. The highest BCUT2D eigenvalue weighted by Crippen LogP contribution is 2.31. The van der Waals surface area contributed by atoms with Gasteiger partial charge in [0.1, 0.15) is 0 Å². The number of nitrogens with one attached hydrogen (secondary N) is 1. The number of benzene rings is 1. The molecule has 1 aliphatic rings. The van der Waals surface area contributed by atoms with E-state index < -0.39 is 0 Å². The minimum absolute atomic E-state index is 0.252. The van der Waals surface area contributed by atoms with E-state index in [0.717, 1.165) is 6.54 Å². The number of likely N-dealkylation sites (N-methyl/N-ethyl adjacent to an activating group) is 1. The van der Waals surface area contributed by atoms with E-state index in [2.05, 4.69) is 57.1 Å². The summed E-state index contributed by atoms with van der Waals surface area (Å²) in [5.41, 5.74) is 5.88. The van der Waals surface area contributed by atoms with Gasteiger partial charge in [0.25, 0.3) is 0 Å². The molecule has 0 radical (unpaired) electrons. The van der Waals surface area contributed by atoms with E-state index in [1.807, 2.05) is 0 Å². The SMILES string of the molecule is CNC1(C)CCCN(c2c(C)cc(C)cc2C)C1. The van der Waals surface area contributed by atoms with Crippen LogP contribution >= 0.6 is 0 Å². The molecule has 1 fully saturated rings. The topological polar surface area (TPSA) is 15.3 Å². The first kappa shape index (κ1) is 13.4. The molecule has 0 aromatic heterocycles. The number of nitrogens with zero attached hydrogens (tertiary/aromatic N) is 1. The zero-order valence-electron chi connectivity index (χ0n) is 12.4. The standard InChI is InChI=1S/C16H26N2/c1-12-9-13(2)15(14(3)10-12)18-8-6-7-16(4,11-18)17-5/h9-10,17H,6-8,11H2,1-5H3. The zero-order chi connectivity index (χ0) is 13.3. The normalized spacial score (nSPS) is 24.4. The van der Waals surface area contributed by atoms with E-state index in [9.17, 15) is 0 Å². The molecule has 0 spiro atoms. The Kier molecular flexibility index (Phi) is 3.67. The van der Waals surface area contributed by atoms with Crippen LogP contribution in [0.1, 0.15) is 36.5 Å². The maximum atomic E-state index is 3.49. The summed E-state index contributed by atoms with van der Waals surface area (Å²) in [6.07, 6.45) is 2.54. The minimum Gasteiger partial charge on any atom is -0.369 e. The second-order valence-corrected chi connectivity index (χ2v) is 6.08. The van der Waals surface area contributed by atoms with Crippen LogP contribution in [0.5, 0.6) is 0 Å². The number of aryl methyl sites for hydroxylation is 3. The van der Waals surface area contributed by atoms with Crippen molar-refractivity contribution in [2.45, 2.75) is 46.1 Å². The Labute approximate surface area is 111 Å². The highest BCUT2D eigenvalue weighted by atomic mass is 15.2. The summed E-state index contributed by atoms with van der Waals surface area (Å²) in [7, 11) is 2.08. The molecule has 0 bridgehead atoms. The van der Waals surface area contributed by atoms with Gasteiger partial charge in [-0.2, -0.15) is 0 Å². The molecule has 100 valence electrons. The predicted octanol–water partition coefficient (Wildman–Crippen LogP) is 3.19. The second-order valence-electron chi connectivity index (χ2n) is 6.08. The fraction of sp³-hybridized carbons (Fsp3) is 0.625. The summed E-state index contributed by atoms with van der Waals surface area (Å²) in [4.78, 5) is 2.56. The summed E-state index contributed by atoms with van der Waals surface area (Å²) in [5.74, 6) is 0. The first-order valence-electron chi connectivity index (χ1n) is 6.97. The summed E-state index contributed by atoms with van der Waals surface area (Å²) in [5, 5.41) is 3.49. The molecule has 2 heteroatoms. The minimum atomic E-state index is 0.252. The Bertz CT molecular complexity index is 416. The molecule has 0 amide bonds. The van der Waals surface area contributed by atoms with Crippen molar-refractivity contribution in [2.24, 2.45) is 0 Å². The monoisotopic (exact) mass is 246 g/mol. The van der Waals surface area contributed by atoms with Crippen LogP contribution in [-0.2, 0) is 0 Å². The number of hydrogen-bond acceptors (Lipinski definition) is 2. The lowest BCUT2D eigenvalue weighted by Crippen LogP contribution is -2.54. The van der Waals surface area contributed by atoms with Gasteiger partial charge in [0, 0.05) is 24.3 Å². The van der Waals surface area contributed by atoms with E-state index in [1.54, 1.807) is 0 Å². The molecule has 0 aliphatic carbocycles. The summed E-state index contributed by atoms with van der Waals surface area (Å²) in [6.45, 7) is 11.3. The number of piperidine rings is 1. The van der Waals surface area contributed by atoms with E-state index in [1.165, 1.54) is 41.8 Å². The van der Waals surface area contributed by atoms with Gasteiger partial charge in [-0.15, -0.1) is 0 Å². The van der Waals surface area contributed by atoms with Crippen LogP contribution in [0.25, 0.3) is 0 Å². The van der Waals surface area contributed by atoms with Crippen molar-refractivity contribution in [3.63, 3.8) is 0 Å².